The van der Waals surface area contributed by atoms with Gasteiger partial charge in [-0.25, -0.2) is 9.59 Å². The van der Waals surface area contributed by atoms with Crippen molar-refractivity contribution >= 4 is 36.0 Å². The van der Waals surface area contributed by atoms with Crippen molar-refractivity contribution in [1.29, 1.82) is 0 Å². The van der Waals surface area contributed by atoms with Crippen molar-refractivity contribution < 1.29 is 42.9 Å². The number of rotatable bonds is 16. The molecule has 9 heteroatoms. The molecule has 5 rings (SSSR count). The number of benzene rings is 2. The van der Waals surface area contributed by atoms with E-state index < -0.39 is 10.8 Å². The van der Waals surface area contributed by atoms with Crippen LogP contribution >= 0.6 is 0 Å². The highest BCUT2D eigenvalue weighted by Gasteiger charge is 2.31. The predicted octanol–water partition coefficient (Wildman–Crippen LogP) is 11.6. The minimum atomic E-state index is -0.428. The Balaban J connectivity index is 0.000000267. The van der Waals surface area contributed by atoms with Gasteiger partial charge in [0.25, 0.3) is 0 Å². The van der Waals surface area contributed by atoms with Gasteiger partial charge in [-0.3, -0.25) is 9.59 Å². The molecule has 0 heterocycles. The summed E-state index contributed by atoms with van der Waals surface area (Å²) >= 11 is 0. The zero-order chi connectivity index (χ0) is 43.5. The van der Waals surface area contributed by atoms with Gasteiger partial charge in [0.1, 0.15) is 18.0 Å². The number of esters is 4. The Bertz CT molecular complexity index is 1680. The number of hydrogen-bond acceptors (Lipinski definition) is 9. The van der Waals surface area contributed by atoms with Crippen LogP contribution in [0, 0.1) is 22.7 Å². The average Bonchev–Trinajstić information content (AvgIpc) is 3.27. The van der Waals surface area contributed by atoms with E-state index in [0.717, 1.165) is 81.1 Å². The van der Waals surface area contributed by atoms with Crippen LogP contribution in [0.5, 0.6) is 5.75 Å². The topological polar surface area (TPSA) is 114 Å². The van der Waals surface area contributed by atoms with Gasteiger partial charge in [-0.1, -0.05) is 69.5 Å². The molecule has 3 saturated carbocycles. The van der Waals surface area contributed by atoms with E-state index >= 15 is 0 Å². The van der Waals surface area contributed by atoms with Gasteiger partial charge in [-0.05, 0) is 163 Å². The van der Waals surface area contributed by atoms with Crippen molar-refractivity contribution in [3.63, 3.8) is 0 Å². The van der Waals surface area contributed by atoms with Gasteiger partial charge in [0.2, 0.25) is 0 Å². The Morgan fingerprint density at radius 1 is 0.567 bits per heavy atom. The first kappa shape index (κ1) is 48.3. The summed E-state index contributed by atoms with van der Waals surface area (Å²) in [7, 11) is 1.62. The third-order valence-electron chi connectivity index (χ3n) is 12.9. The zero-order valence-corrected chi connectivity index (χ0v) is 37.5. The van der Waals surface area contributed by atoms with E-state index in [-0.39, 0.29) is 36.1 Å². The Morgan fingerprint density at radius 2 is 0.967 bits per heavy atom. The highest BCUT2D eigenvalue weighted by molar-refractivity contribution is 5.87. The molecule has 330 valence electrons. The molecule has 60 heavy (non-hydrogen) atoms. The molecule has 0 spiro atoms. The average molecular weight is 829 g/mol. The van der Waals surface area contributed by atoms with E-state index in [0.29, 0.717) is 31.0 Å². The monoisotopic (exact) mass is 829 g/mol. The quantitative estimate of drug-likeness (QED) is 0.0926. The molecule has 0 unspecified atom stereocenters. The third kappa shape index (κ3) is 16.2. The number of methoxy groups -OCH3 is 1. The summed E-state index contributed by atoms with van der Waals surface area (Å²) < 4.78 is 27.3. The molecule has 0 atom stereocenters. The third-order valence-corrected chi connectivity index (χ3v) is 12.9. The number of hydrogen-bond donors (Lipinski definition) is 0. The Morgan fingerprint density at radius 3 is 1.35 bits per heavy atom. The van der Waals surface area contributed by atoms with Crippen molar-refractivity contribution in [3.8, 4) is 5.75 Å². The zero-order valence-electron chi connectivity index (χ0n) is 37.5. The first-order valence-electron chi connectivity index (χ1n) is 22.6. The minimum absolute atomic E-state index is 0.0418. The van der Waals surface area contributed by atoms with Gasteiger partial charge in [-0.15, -0.1) is 0 Å². The first-order valence-corrected chi connectivity index (χ1v) is 22.6. The van der Waals surface area contributed by atoms with Crippen LogP contribution in [0.3, 0.4) is 0 Å². The van der Waals surface area contributed by atoms with E-state index in [1.807, 2.05) is 71.9 Å². The molecule has 0 amide bonds. The van der Waals surface area contributed by atoms with E-state index in [2.05, 4.69) is 24.3 Å². The fourth-order valence-corrected chi connectivity index (χ4v) is 7.67. The van der Waals surface area contributed by atoms with Crippen LogP contribution < -0.4 is 4.74 Å². The normalized spacial score (nSPS) is 21.4. The standard InChI is InChI=1S/C28H40O4.C23H32O5/c1-4-28(2,3)27(30)31-20-22-12-17-25(18-13-22)32-26(29)19-14-21-10-15-24(16-11-21)23-8-6-5-7-9-23;1-5-23(2,3)22(25)27-16-18-8-13-20(14-9-18)28-21(24)15-10-17-6-11-19(26-4)12-7-17/h10-11,14-16,19,22-23,25H,4-9,12-13,17-18,20H2,1-3H3;6-7,10-12,15,18,20H,5,8-9,13-14,16H2,1-4H3/b19-14+;15-10+. The molecule has 3 aliphatic rings. The summed E-state index contributed by atoms with van der Waals surface area (Å²) in [5, 5.41) is 0. The lowest BCUT2D eigenvalue weighted by Gasteiger charge is -2.29. The van der Waals surface area contributed by atoms with Gasteiger partial charge in [0.05, 0.1) is 31.2 Å². The summed E-state index contributed by atoms with van der Waals surface area (Å²) in [6, 6.07) is 16.1. The number of carbonyl (C=O) groups is 4. The molecule has 2 aromatic rings. The van der Waals surface area contributed by atoms with E-state index in [9.17, 15) is 19.2 Å². The molecule has 9 nitrogen and oxygen atoms in total. The maximum Gasteiger partial charge on any atom is 0.331 e. The lowest BCUT2D eigenvalue weighted by Crippen LogP contribution is -2.30. The predicted molar refractivity (Wildman–Crippen MR) is 237 cm³/mol. The smallest absolute Gasteiger partial charge is 0.331 e. The van der Waals surface area contributed by atoms with Crippen molar-refractivity contribution in [3.05, 3.63) is 77.4 Å². The molecular formula is C51H72O9. The maximum absolute atomic E-state index is 12.3. The van der Waals surface area contributed by atoms with Crippen molar-refractivity contribution in [2.24, 2.45) is 22.7 Å². The molecule has 0 aromatic heterocycles. The fourth-order valence-electron chi connectivity index (χ4n) is 7.67. The largest absolute Gasteiger partial charge is 0.497 e. The molecule has 0 bridgehead atoms. The lowest BCUT2D eigenvalue weighted by molar-refractivity contribution is -0.157. The summed E-state index contributed by atoms with van der Waals surface area (Å²) in [4.78, 5) is 48.5. The van der Waals surface area contributed by atoms with Gasteiger partial charge in [0.15, 0.2) is 0 Å². The SMILES string of the molecule is CCC(C)(C)C(=O)OCC1CCC(OC(=O)/C=C/c2ccc(C3CCCCC3)cc2)CC1.CCC(C)(C)C(=O)OCC1CCC(OC(=O)/C=C/c2ccc(OC)cc2)CC1. The van der Waals surface area contributed by atoms with Crippen molar-refractivity contribution in [2.45, 2.75) is 156 Å². The first-order chi connectivity index (χ1) is 28.7. The fraction of sp³-hybridized carbons (Fsp3) is 0.608. The summed E-state index contributed by atoms with van der Waals surface area (Å²) in [5.74, 6) is 1.33. The van der Waals surface area contributed by atoms with Gasteiger partial charge in [0, 0.05) is 12.2 Å². The highest BCUT2D eigenvalue weighted by atomic mass is 16.6. The molecule has 2 aromatic carbocycles. The molecule has 0 radical (unpaired) electrons. The van der Waals surface area contributed by atoms with Crippen LogP contribution in [0.2, 0.25) is 0 Å². The maximum atomic E-state index is 12.3. The molecule has 0 aliphatic heterocycles. The Kier molecular flexibility index (Phi) is 19.4. The molecule has 0 N–H and O–H groups in total. The lowest BCUT2D eigenvalue weighted by atomic mass is 9.84. The second-order valence-electron chi connectivity index (χ2n) is 18.3. The second kappa shape index (κ2) is 24.1. The van der Waals surface area contributed by atoms with Crippen LogP contribution in [-0.4, -0.2) is 56.4 Å². The summed E-state index contributed by atoms with van der Waals surface area (Å²) in [6.07, 6.45) is 21.6. The molecule has 0 saturated heterocycles. The van der Waals surface area contributed by atoms with Crippen LogP contribution in [0.15, 0.2) is 60.7 Å². The van der Waals surface area contributed by atoms with Gasteiger partial charge >= 0.3 is 23.9 Å². The van der Waals surface area contributed by atoms with E-state index in [4.69, 9.17) is 23.7 Å². The molecule has 3 aliphatic carbocycles. The Hall–Kier alpha value is -4.40. The molecule has 3 fully saturated rings. The summed E-state index contributed by atoms with van der Waals surface area (Å²) in [6.45, 7) is 12.6. The van der Waals surface area contributed by atoms with Crippen LogP contribution in [-0.2, 0) is 38.1 Å². The van der Waals surface area contributed by atoms with Crippen molar-refractivity contribution in [1.82, 2.24) is 0 Å². The Labute approximate surface area is 360 Å². The van der Waals surface area contributed by atoms with Crippen LogP contribution in [0.4, 0.5) is 0 Å². The summed E-state index contributed by atoms with van der Waals surface area (Å²) in [5.41, 5.74) is 2.52. The van der Waals surface area contributed by atoms with E-state index in [1.54, 1.807) is 13.2 Å². The van der Waals surface area contributed by atoms with Gasteiger partial charge < -0.3 is 23.7 Å². The molecular weight excluding hydrogens is 757 g/mol. The van der Waals surface area contributed by atoms with E-state index in [1.165, 1.54) is 49.8 Å². The highest BCUT2D eigenvalue weighted by Crippen LogP contribution is 2.33. The second-order valence-corrected chi connectivity index (χ2v) is 18.3. The minimum Gasteiger partial charge on any atom is -0.497 e. The van der Waals surface area contributed by atoms with Gasteiger partial charge in [-0.2, -0.15) is 0 Å². The number of carbonyl (C=O) groups excluding carboxylic acids is 4. The number of ether oxygens (including phenoxy) is 5. The van der Waals surface area contributed by atoms with Crippen molar-refractivity contribution in [2.75, 3.05) is 20.3 Å². The van der Waals surface area contributed by atoms with Crippen LogP contribution in [0.1, 0.15) is 160 Å². The van der Waals surface area contributed by atoms with Crippen LogP contribution in [0.25, 0.3) is 12.2 Å².